The van der Waals surface area contributed by atoms with Gasteiger partial charge in [0, 0.05) is 36.4 Å². The SMILES string of the molecule is Cc1ccc(C(=O)CCC(=O)NCCNC(=O)Cc2cccs2)cc1. The molecule has 0 unspecified atom stereocenters. The van der Waals surface area contributed by atoms with Gasteiger partial charge in [-0.3, -0.25) is 14.4 Å². The number of nitrogens with one attached hydrogen (secondary N) is 2. The van der Waals surface area contributed by atoms with Crippen LogP contribution in [0.1, 0.15) is 33.6 Å². The number of hydrogen-bond acceptors (Lipinski definition) is 4. The zero-order valence-electron chi connectivity index (χ0n) is 14.2. The summed E-state index contributed by atoms with van der Waals surface area (Å²) in [5, 5.41) is 7.40. The van der Waals surface area contributed by atoms with Gasteiger partial charge in [0.15, 0.2) is 5.78 Å². The molecule has 1 heterocycles. The number of amides is 2. The maximum atomic E-state index is 12.0. The van der Waals surface area contributed by atoms with Gasteiger partial charge in [0.1, 0.15) is 0 Å². The number of aryl methyl sites for hydroxylation is 1. The van der Waals surface area contributed by atoms with Crippen LogP contribution in [0.15, 0.2) is 41.8 Å². The predicted molar refractivity (Wildman–Crippen MR) is 98.8 cm³/mol. The van der Waals surface area contributed by atoms with Crippen LogP contribution in [-0.4, -0.2) is 30.7 Å². The lowest BCUT2D eigenvalue weighted by Gasteiger charge is -2.07. The minimum Gasteiger partial charge on any atom is -0.354 e. The van der Waals surface area contributed by atoms with E-state index in [1.165, 1.54) is 0 Å². The topological polar surface area (TPSA) is 75.3 Å². The fraction of sp³-hybridized carbons (Fsp3) is 0.316. The lowest BCUT2D eigenvalue weighted by atomic mass is 10.1. The van der Waals surface area contributed by atoms with E-state index in [0.717, 1.165) is 10.4 Å². The Labute approximate surface area is 151 Å². The predicted octanol–water partition coefficient (Wildman–Crippen LogP) is 2.49. The van der Waals surface area contributed by atoms with Crippen LogP contribution in [0.2, 0.25) is 0 Å². The number of hydrogen-bond donors (Lipinski definition) is 2. The van der Waals surface area contributed by atoms with E-state index >= 15 is 0 Å². The van der Waals surface area contributed by atoms with E-state index in [4.69, 9.17) is 0 Å². The fourth-order valence-electron chi connectivity index (χ4n) is 2.24. The molecule has 0 bridgehead atoms. The van der Waals surface area contributed by atoms with Gasteiger partial charge in [-0.05, 0) is 18.4 Å². The molecule has 2 amide bonds. The molecule has 1 aromatic carbocycles. The van der Waals surface area contributed by atoms with Crippen molar-refractivity contribution < 1.29 is 14.4 Å². The molecular weight excluding hydrogens is 336 g/mol. The monoisotopic (exact) mass is 358 g/mol. The maximum Gasteiger partial charge on any atom is 0.225 e. The van der Waals surface area contributed by atoms with Crippen molar-refractivity contribution >= 4 is 28.9 Å². The highest BCUT2D eigenvalue weighted by Crippen LogP contribution is 2.09. The molecule has 132 valence electrons. The van der Waals surface area contributed by atoms with E-state index < -0.39 is 0 Å². The van der Waals surface area contributed by atoms with Crippen LogP contribution < -0.4 is 10.6 Å². The molecule has 25 heavy (non-hydrogen) atoms. The minimum atomic E-state index is -0.187. The van der Waals surface area contributed by atoms with Gasteiger partial charge in [-0.15, -0.1) is 11.3 Å². The molecule has 5 nitrogen and oxygen atoms in total. The van der Waals surface area contributed by atoms with Crippen LogP contribution in [-0.2, 0) is 16.0 Å². The van der Waals surface area contributed by atoms with Crippen LogP contribution in [0, 0.1) is 6.92 Å². The van der Waals surface area contributed by atoms with Crippen LogP contribution >= 0.6 is 11.3 Å². The highest BCUT2D eigenvalue weighted by Gasteiger charge is 2.09. The Balaban J connectivity index is 1.58. The molecule has 1 aromatic heterocycles. The number of Topliss-reactive ketones (excluding diaryl/α,β-unsaturated/α-hetero) is 1. The largest absolute Gasteiger partial charge is 0.354 e. The highest BCUT2D eigenvalue weighted by atomic mass is 32.1. The molecule has 0 spiro atoms. The lowest BCUT2D eigenvalue weighted by Crippen LogP contribution is -2.35. The molecule has 0 radical (unpaired) electrons. The van der Waals surface area contributed by atoms with Crippen molar-refractivity contribution in [3.63, 3.8) is 0 Å². The van der Waals surface area contributed by atoms with Crippen molar-refractivity contribution in [2.45, 2.75) is 26.2 Å². The van der Waals surface area contributed by atoms with Crippen LogP contribution in [0.4, 0.5) is 0 Å². The molecule has 0 saturated carbocycles. The lowest BCUT2D eigenvalue weighted by molar-refractivity contribution is -0.122. The van der Waals surface area contributed by atoms with Crippen molar-refractivity contribution in [2.24, 2.45) is 0 Å². The first-order chi connectivity index (χ1) is 12.0. The van der Waals surface area contributed by atoms with Gasteiger partial charge in [-0.2, -0.15) is 0 Å². The van der Waals surface area contributed by atoms with Crippen molar-refractivity contribution in [2.75, 3.05) is 13.1 Å². The summed E-state index contributed by atoms with van der Waals surface area (Å²) >= 11 is 1.54. The van der Waals surface area contributed by atoms with Crippen molar-refractivity contribution in [3.05, 3.63) is 57.8 Å². The van der Waals surface area contributed by atoms with E-state index in [-0.39, 0.29) is 30.4 Å². The van der Waals surface area contributed by atoms with Gasteiger partial charge in [0.2, 0.25) is 11.8 Å². The molecule has 0 fully saturated rings. The third kappa shape index (κ3) is 6.89. The maximum absolute atomic E-state index is 12.0. The molecule has 0 aliphatic heterocycles. The zero-order valence-corrected chi connectivity index (χ0v) is 15.0. The van der Waals surface area contributed by atoms with Gasteiger partial charge in [-0.25, -0.2) is 0 Å². The number of rotatable bonds is 9. The first-order valence-corrected chi connectivity index (χ1v) is 9.08. The van der Waals surface area contributed by atoms with Crippen molar-refractivity contribution in [3.8, 4) is 0 Å². The summed E-state index contributed by atoms with van der Waals surface area (Å²) in [7, 11) is 0. The fourth-order valence-corrected chi connectivity index (χ4v) is 2.94. The van der Waals surface area contributed by atoms with Crippen LogP contribution in [0.25, 0.3) is 0 Å². The minimum absolute atomic E-state index is 0.0422. The van der Waals surface area contributed by atoms with E-state index in [0.29, 0.717) is 25.1 Å². The van der Waals surface area contributed by atoms with E-state index in [1.54, 1.807) is 23.5 Å². The van der Waals surface area contributed by atoms with E-state index in [9.17, 15) is 14.4 Å². The van der Waals surface area contributed by atoms with Crippen molar-refractivity contribution in [1.82, 2.24) is 10.6 Å². The Morgan fingerprint density at radius 2 is 1.60 bits per heavy atom. The highest BCUT2D eigenvalue weighted by molar-refractivity contribution is 7.10. The second kappa shape index (κ2) is 9.74. The third-order valence-electron chi connectivity index (χ3n) is 3.64. The molecular formula is C19H22N2O3S. The number of thiophene rings is 1. The number of carbonyl (C=O) groups excluding carboxylic acids is 3. The summed E-state index contributed by atoms with van der Waals surface area (Å²) in [6.45, 7) is 2.69. The summed E-state index contributed by atoms with van der Waals surface area (Å²) in [5.74, 6) is -0.293. The molecule has 6 heteroatoms. The Bertz CT molecular complexity index is 709. The summed E-state index contributed by atoms with van der Waals surface area (Å²) in [6, 6.07) is 11.1. The van der Waals surface area contributed by atoms with Crippen LogP contribution in [0.3, 0.4) is 0 Å². The second-order valence-corrected chi connectivity index (χ2v) is 6.78. The molecule has 0 atom stereocenters. The Kier molecular flexibility index (Phi) is 7.35. The van der Waals surface area contributed by atoms with Crippen LogP contribution in [0.5, 0.6) is 0 Å². The molecule has 0 saturated heterocycles. The third-order valence-corrected chi connectivity index (χ3v) is 4.51. The number of carbonyl (C=O) groups is 3. The van der Waals surface area contributed by atoms with Gasteiger partial charge < -0.3 is 10.6 Å². The van der Waals surface area contributed by atoms with Gasteiger partial charge in [-0.1, -0.05) is 35.9 Å². The first kappa shape index (κ1) is 18.9. The molecule has 0 aliphatic rings. The van der Waals surface area contributed by atoms with E-state index in [2.05, 4.69) is 10.6 Å². The molecule has 2 N–H and O–H groups in total. The average molecular weight is 358 g/mol. The summed E-state index contributed by atoms with van der Waals surface area (Å²) < 4.78 is 0. The standard InChI is InChI=1S/C19H22N2O3S/c1-14-4-6-15(7-5-14)17(22)8-9-18(23)20-10-11-21-19(24)13-16-3-2-12-25-16/h2-7,12H,8-11,13H2,1H3,(H,20,23)(H,21,24). The van der Waals surface area contributed by atoms with E-state index in [1.807, 2.05) is 36.6 Å². The van der Waals surface area contributed by atoms with Crippen molar-refractivity contribution in [1.29, 1.82) is 0 Å². The molecule has 0 aliphatic carbocycles. The Morgan fingerprint density at radius 3 is 2.24 bits per heavy atom. The summed E-state index contributed by atoms with van der Waals surface area (Å²) in [5.41, 5.74) is 1.72. The second-order valence-electron chi connectivity index (χ2n) is 5.75. The number of ketones is 1. The van der Waals surface area contributed by atoms with Gasteiger partial charge in [0.05, 0.1) is 6.42 Å². The summed E-state index contributed by atoms with van der Waals surface area (Å²) in [4.78, 5) is 36.5. The molecule has 2 aromatic rings. The smallest absolute Gasteiger partial charge is 0.225 e. The summed E-state index contributed by atoms with van der Waals surface area (Å²) in [6.07, 6.45) is 0.687. The normalized spacial score (nSPS) is 10.3. The van der Waals surface area contributed by atoms with Gasteiger partial charge in [0.25, 0.3) is 0 Å². The first-order valence-electron chi connectivity index (χ1n) is 8.20. The number of benzene rings is 1. The Morgan fingerprint density at radius 1 is 0.920 bits per heavy atom. The Hall–Kier alpha value is -2.47. The average Bonchev–Trinajstić information content (AvgIpc) is 3.10. The molecule has 2 rings (SSSR count). The zero-order chi connectivity index (χ0) is 18.1. The van der Waals surface area contributed by atoms with Gasteiger partial charge >= 0.3 is 0 Å². The quantitative estimate of drug-likeness (QED) is 0.534.